The average molecular weight is 418 g/mol. The van der Waals surface area contributed by atoms with Crippen molar-refractivity contribution >= 4 is 11.7 Å². The van der Waals surface area contributed by atoms with E-state index in [4.69, 9.17) is 4.74 Å². The molecule has 0 radical (unpaired) electrons. The lowest BCUT2D eigenvalue weighted by molar-refractivity contribution is -0.146. The molecule has 0 bridgehead atoms. The number of halogens is 2. The maximum absolute atomic E-state index is 14.6. The summed E-state index contributed by atoms with van der Waals surface area (Å²) in [7, 11) is 0. The molecule has 3 heterocycles. The summed E-state index contributed by atoms with van der Waals surface area (Å²) in [6.45, 7) is 11.4. The lowest BCUT2D eigenvalue weighted by Crippen LogP contribution is -2.38. The van der Waals surface area contributed by atoms with Crippen molar-refractivity contribution in [3.63, 3.8) is 0 Å². The van der Waals surface area contributed by atoms with Gasteiger partial charge >= 0.3 is 5.97 Å². The zero-order chi connectivity index (χ0) is 22.1. The van der Waals surface area contributed by atoms with Crippen LogP contribution in [0.2, 0.25) is 0 Å². The van der Waals surface area contributed by atoms with Crippen LogP contribution < -0.4 is 4.90 Å². The van der Waals surface area contributed by atoms with Crippen molar-refractivity contribution in [1.82, 2.24) is 9.97 Å². The number of pyridine rings is 2. The first-order chi connectivity index (χ1) is 14.1. The fourth-order valence-corrected chi connectivity index (χ4v) is 3.80. The molecule has 0 N–H and O–H groups in total. The lowest BCUT2D eigenvalue weighted by Gasteiger charge is -2.40. The lowest BCUT2D eigenvalue weighted by atomic mass is 9.82. The molecule has 0 saturated carbocycles. The Kier molecular flexibility index (Phi) is 6.38. The number of aromatic nitrogens is 2. The van der Waals surface area contributed by atoms with Crippen molar-refractivity contribution in [1.29, 1.82) is 0 Å². The standard InChI is InChI=1S/C23H29F2N3O2/c1-14(2)30-20(29)12-17-15(3)26-13-18(16-6-7-19(24)27-22(16)25)21(17)28-10-8-23(4,5)9-11-28/h6-7,13-14H,8-12H2,1-5H3. The minimum absolute atomic E-state index is 0.0380. The molecule has 1 aliphatic heterocycles. The quantitative estimate of drug-likeness (QED) is 0.514. The van der Waals surface area contributed by atoms with Crippen LogP contribution in [0.1, 0.15) is 51.8 Å². The second kappa shape index (κ2) is 8.66. The van der Waals surface area contributed by atoms with Gasteiger partial charge in [-0.3, -0.25) is 9.78 Å². The van der Waals surface area contributed by atoms with Crippen molar-refractivity contribution in [2.45, 2.75) is 60.0 Å². The highest BCUT2D eigenvalue weighted by molar-refractivity contribution is 5.85. The monoisotopic (exact) mass is 417 g/mol. The number of ether oxygens (including phenoxy) is 1. The highest BCUT2D eigenvalue weighted by Gasteiger charge is 2.30. The molecule has 1 fully saturated rings. The van der Waals surface area contributed by atoms with Crippen LogP contribution >= 0.6 is 0 Å². The fourth-order valence-electron chi connectivity index (χ4n) is 3.80. The van der Waals surface area contributed by atoms with Crippen molar-refractivity contribution in [3.8, 4) is 11.1 Å². The maximum Gasteiger partial charge on any atom is 0.310 e. The van der Waals surface area contributed by atoms with Gasteiger partial charge < -0.3 is 9.64 Å². The van der Waals surface area contributed by atoms with E-state index in [1.165, 1.54) is 6.07 Å². The fraction of sp³-hybridized carbons (Fsp3) is 0.522. The minimum atomic E-state index is -0.894. The van der Waals surface area contributed by atoms with Gasteiger partial charge in [0.15, 0.2) is 0 Å². The molecular formula is C23H29F2N3O2. The number of piperidine rings is 1. The molecule has 0 amide bonds. The van der Waals surface area contributed by atoms with E-state index in [-0.39, 0.29) is 29.5 Å². The predicted molar refractivity (Wildman–Crippen MR) is 112 cm³/mol. The summed E-state index contributed by atoms with van der Waals surface area (Å²) >= 11 is 0. The molecule has 0 atom stereocenters. The van der Waals surface area contributed by atoms with E-state index in [0.717, 1.165) is 37.7 Å². The van der Waals surface area contributed by atoms with Gasteiger partial charge in [0.2, 0.25) is 11.9 Å². The van der Waals surface area contributed by atoms with Crippen LogP contribution in [0.15, 0.2) is 18.3 Å². The van der Waals surface area contributed by atoms with E-state index in [9.17, 15) is 13.6 Å². The molecule has 7 heteroatoms. The molecule has 1 saturated heterocycles. The van der Waals surface area contributed by atoms with Crippen LogP contribution in [0.3, 0.4) is 0 Å². The zero-order valence-electron chi connectivity index (χ0n) is 18.3. The van der Waals surface area contributed by atoms with Gasteiger partial charge in [-0.2, -0.15) is 13.8 Å². The van der Waals surface area contributed by atoms with E-state index < -0.39 is 11.9 Å². The summed E-state index contributed by atoms with van der Waals surface area (Å²) in [5, 5.41) is 0. The molecule has 5 nitrogen and oxygen atoms in total. The molecule has 0 aromatic carbocycles. The molecular weight excluding hydrogens is 388 g/mol. The Balaban J connectivity index is 2.12. The number of carbonyl (C=O) groups excluding carboxylic acids is 1. The highest BCUT2D eigenvalue weighted by Crippen LogP contribution is 2.40. The molecule has 0 aliphatic carbocycles. The third-order valence-electron chi connectivity index (χ3n) is 5.59. The van der Waals surface area contributed by atoms with Gasteiger partial charge in [0, 0.05) is 41.7 Å². The molecule has 3 rings (SSSR count). The van der Waals surface area contributed by atoms with Crippen LogP contribution in [0.25, 0.3) is 11.1 Å². The van der Waals surface area contributed by atoms with E-state index in [1.54, 1.807) is 20.0 Å². The molecule has 2 aromatic rings. The number of esters is 1. The summed E-state index contributed by atoms with van der Waals surface area (Å²) in [5.41, 5.74) is 3.06. The van der Waals surface area contributed by atoms with Crippen molar-refractivity contribution in [2.75, 3.05) is 18.0 Å². The smallest absolute Gasteiger partial charge is 0.310 e. The third-order valence-corrected chi connectivity index (χ3v) is 5.59. The van der Waals surface area contributed by atoms with E-state index >= 15 is 0 Å². The Labute approximate surface area is 176 Å². The Morgan fingerprint density at radius 1 is 1.20 bits per heavy atom. The molecule has 30 heavy (non-hydrogen) atoms. The van der Waals surface area contributed by atoms with Gasteiger partial charge in [0.1, 0.15) is 0 Å². The summed E-state index contributed by atoms with van der Waals surface area (Å²) in [4.78, 5) is 22.4. The van der Waals surface area contributed by atoms with Gasteiger partial charge in [0.05, 0.1) is 18.2 Å². The van der Waals surface area contributed by atoms with E-state index in [2.05, 4.69) is 28.7 Å². The van der Waals surface area contributed by atoms with Crippen molar-refractivity contribution < 1.29 is 18.3 Å². The van der Waals surface area contributed by atoms with Gasteiger partial charge in [-0.1, -0.05) is 13.8 Å². The molecule has 162 valence electrons. The zero-order valence-corrected chi connectivity index (χ0v) is 18.3. The summed E-state index contributed by atoms with van der Waals surface area (Å²) < 4.78 is 33.3. The number of hydrogen-bond donors (Lipinski definition) is 0. The first-order valence-electron chi connectivity index (χ1n) is 10.3. The molecule has 0 unspecified atom stereocenters. The highest BCUT2D eigenvalue weighted by atomic mass is 19.1. The van der Waals surface area contributed by atoms with Gasteiger partial charge in [-0.15, -0.1) is 0 Å². The number of hydrogen-bond acceptors (Lipinski definition) is 5. The van der Waals surface area contributed by atoms with Crippen LogP contribution in [0.5, 0.6) is 0 Å². The second-order valence-electron chi connectivity index (χ2n) is 8.92. The predicted octanol–water partition coefficient (Wildman–Crippen LogP) is 4.85. The Bertz CT molecular complexity index is 934. The topological polar surface area (TPSA) is 55.3 Å². The third kappa shape index (κ3) is 4.94. The van der Waals surface area contributed by atoms with Gasteiger partial charge in [-0.25, -0.2) is 0 Å². The first kappa shape index (κ1) is 22.1. The molecule has 1 aliphatic rings. The number of nitrogens with zero attached hydrogens (tertiary/aromatic N) is 3. The summed E-state index contributed by atoms with van der Waals surface area (Å²) in [6, 6.07) is 2.51. The van der Waals surface area contributed by atoms with Crippen molar-refractivity contribution in [3.05, 3.63) is 41.5 Å². The largest absolute Gasteiger partial charge is 0.463 e. The Hall–Kier alpha value is -2.57. The SMILES string of the molecule is Cc1ncc(-c2ccc(F)nc2F)c(N2CCC(C)(C)CC2)c1CC(=O)OC(C)C. The van der Waals surface area contributed by atoms with Crippen LogP contribution in [-0.4, -0.2) is 35.1 Å². The Morgan fingerprint density at radius 3 is 2.47 bits per heavy atom. The maximum atomic E-state index is 14.6. The first-order valence-corrected chi connectivity index (χ1v) is 10.3. The number of aryl methyl sites for hydroxylation is 1. The van der Waals surface area contributed by atoms with Crippen LogP contribution in [0.4, 0.5) is 14.5 Å². The van der Waals surface area contributed by atoms with E-state index in [1.807, 2.05) is 6.92 Å². The molecule has 0 spiro atoms. The van der Waals surface area contributed by atoms with Crippen LogP contribution in [-0.2, 0) is 16.0 Å². The van der Waals surface area contributed by atoms with Crippen molar-refractivity contribution in [2.24, 2.45) is 5.41 Å². The second-order valence-corrected chi connectivity index (χ2v) is 8.92. The normalized spacial score (nSPS) is 16.1. The van der Waals surface area contributed by atoms with Gasteiger partial charge in [-0.05, 0) is 51.2 Å². The number of rotatable bonds is 5. The summed E-state index contributed by atoms with van der Waals surface area (Å²) in [6.07, 6.45) is 3.32. The van der Waals surface area contributed by atoms with E-state index in [0.29, 0.717) is 16.8 Å². The minimum Gasteiger partial charge on any atom is -0.463 e. The number of anilines is 1. The van der Waals surface area contributed by atoms with Crippen LogP contribution in [0, 0.1) is 24.2 Å². The van der Waals surface area contributed by atoms with Gasteiger partial charge in [0.25, 0.3) is 0 Å². The summed E-state index contributed by atoms with van der Waals surface area (Å²) in [5.74, 6) is -2.13. The molecule has 2 aromatic heterocycles. The number of carbonyl (C=O) groups is 1. The average Bonchev–Trinajstić information content (AvgIpc) is 2.63. The Morgan fingerprint density at radius 2 is 1.87 bits per heavy atom.